The molecule has 0 aliphatic heterocycles. The molecule has 63 valence electrons. The van der Waals surface area contributed by atoms with Gasteiger partial charge in [-0.1, -0.05) is 0 Å². The number of carbonyl (C=O) groups is 1. The molecule has 0 N–H and O–H groups in total. The van der Waals surface area contributed by atoms with Gasteiger partial charge in [0.2, 0.25) is 0 Å². The van der Waals surface area contributed by atoms with Crippen LogP contribution in [0, 0.1) is 12.7 Å². The van der Waals surface area contributed by atoms with Crippen molar-refractivity contribution in [2.45, 2.75) is 0 Å². The third kappa shape index (κ3) is 1.81. The van der Waals surface area contributed by atoms with Gasteiger partial charge in [-0.25, -0.2) is 4.39 Å². The second-order valence-electron chi connectivity index (χ2n) is 2.15. The van der Waals surface area contributed by atoms with Crippen LogP contribution in [0.5, 0.6) is 5.75 Å². The lowest BCUT2D eigenvalue weighted by atomic mass is 10.2. The minimum absolute atomic E-state index is 0.0337. The van der Waals surface area contributed by atoms with Crippen LogP contribution in [0.25, 0.3) is 0 Å². The summed E-state index contributed by atoms with van der Waals surface area (Å²) in [6.07, 6.45) is 0.462. The molecule has 2 nitrogen and oxygen atoms in total. The van der Waals surface area contributed by atoms with Gasteiger partial charge in [-0.2, -0.15) is 0 Å². The molecular formula is C9H8FO2. The Labute approximate surface area is 70.0 Å². The Bertz CT molecular complexity index is 284. The van der Waals surface area contributed by atoms with Crippen LogP contribution in [0.1, 0.15) is 10.4 Å². The molecular weight excluding hydrogens is 159 g/mol. The van der Waals surface area contributed by atoms with E-state index < -0.39 is 5.82 Å². The van der Waals surface area contributed by atoms with Gasteiger partial charge in [0.25, 0.3) is 0 Å². The van der Waals surface area contributed by atoms with Gasteiger partial charge >= 0.3 is 0 Å². The molecule has 0 aliphatic rings. The van der Waals surface area contributed by atoms with E-state index >= 15 is 0 Å². The number of benzene rings is 1. The van der Waals surface area contributed by atoms with E-state index in [9.17, 15) is 9.18 Å². The highest BCUT2D eigenvalue weighted by atomic mass is 19.1. The average Bonchev–Trinajstić information content (AvgIpc) is 2.05. The predicted octanol–water partition coefficient (Wildman–Crippen LogP) is 1.85. The van der Waals surface area contributed by atoms with Crippen LogP contribution in [0.15, 0.2) is 18.2 Å². The summed E-state index contributed by atoms with van der Waals surface area (Å²) in [5.41, 5.74) is 0.0337. The van der Waals surface area contributed by atoms with E-state index in [-0.39, 0.29) is 12.2 Å². The Morgan fingerprint density at radius 3 is 2.83 bits per heavy atom. The molecule has 1 rings (SSSR count). The van der Waals surface area contributed by atoms with Crippen LogP contribution >= 0.6 is 0 Å². The SMILES string of the molecule is [CH2]COc1ccc(C=O)c(F)c1. The Morgan fingerprint density at radius 1 is 1.58 bits per heavy atom. The molecule has 0 spiro atoms. The van der Waals surface area contributed by atoms with Gasteiger partial charge in [-0.05, 0) is 19.1 Å². The van der Waals surface area contributed by atoms with E-state index in [1.54, 1.807) is 0 Å². The zero-order valence-corrected chi connectivity index (χ0v) is 6.42. The first kappa shape index (κ1) is 8.71. The van der Waals surface area contributed by atoms with E-state index in [0.717, 1.165) is 6.07 Å². The first-order valence-corrected chi connectivity index (χ1v) is 3.44. The molecule has 1 aromatic rings. The van der Waals surface area contributed by atoms with Crippen molar-refractivity contribution in [3.63, 3.8) is 0 Å². The summed E-state index contributed by atoms with van der Waals surface area (Å²) in [5, 5.41) is 0. The lowest BCUT2D eigenvalue weighted by Gasteiger charge is -2.02. The summed E-state index contributed by atoms with van der Waals surface area (Å²) in [4.78, 5) is 10.2. The highest BCUT2D eigenvalue weighted by Crippen LogP contribution is 2.14. The number of halogens is 1. The molecule has 0 saturated carbocycles. The fourth-order valence-corrected chi connectivity index (χ4v) is 0.811. The summed E-state index contributed by atoms with van der Waals surface area (Å²) in [6, 6.07) is 4.06. The highest BCUT2D eigenvalue weighted by Gasteiger charge is 2.01. The van der Waals surface area contributed by atoms with Crippen LogP contribution in [0.4, 0.5) is 4.39 Å². The molecule has 1 aromatic carbocycles. The topological polar surface area (TPSA) is 26.3 Å². The molecule has 12 heavy (non-hydrogen) atoms. The number of hydrogen-bond donors (Lipinski definition) is 0. The number of carbonyl (C=O) groups excluding carboxylic acids is 1. The third-order valence-corrected chi connectivity index (χ3v) is 1.37. The van der Waals surface area contributed by atoms with Gasteiger partial charge in [-0.3, -0.25) is 4.79 Å². The van der Waals surface area contributed by atoms with Crippen molar-refractivity contribution in [2.24, 2.45) is 0 Å². The van der Waals surface area contributed by atoms with Crippen molar-refractivity contribution in [2.75, 3.05) is 6.61 Å². The van der Waals surface area contributed by atoms with E-state index in [2.05, 4.69) is 6.92 Å². The monoisotopic (exact) mass is 167 g/mol. The number of aldehydes is 1. The van der Waals surface area contributed by atoms with Gasteiger partial charge in [0.15, 0.2) is 6.29 Å². The van der Waals surface area contributed by atoms with Gasteiger partial charge < -0.3 is 4.74 Å². The average molecular weight is 167 g/mol. The molecule has 0 bridgehead atoms. The lowest BCUT2D eigenvalue weighted by Crippen LogP contribution is -1.94. The van der Waals surface area contributed by atoms with Gasteiger partial charge in [-0.15, -0.1) is 0 Å². The Hall–Kier alpha value is -1.38. The molecule has 0 heterocycles. The first-order valence-electron chi connectivity index (χ1n) is 3.44. The summed E-state index contributed by atoms with van der Waals surface area (Å²) in [7, 11) is 0. The molecule has 3 heteroatoms. The minimum Gasteiger partial charge on any atom is -0.493 e. The maximum atomic E-state index is 12.8. The molecule has 0 aliphatic carbocycles. The second-order valence-corrected chi connectivity index (χ2v) is 2.15. The molecule has 0 fully saturated rings. The zero-order chi connectivity index (χ0) is 8.97. The largest absolute Gasteiger partial charge is 0.493 e. The quantitative estimate of drug-likeness (QED) is 0.642. The number of rotatable bonds is 3. The zero-order valence-electron chi connectivity index (χ0n) is 6.42. The van der Waals surface area contributed by atoms with Crippen LogP contribution < -0.4 is 4.74 Å². The fraction of sp³-hybridized carbons (Fsp3) is 0.111. The summed E-state index contributed by atoms with van der Waals surface area (Å²) >= 11 is 0. The normalized spacial score (nSPS) is 9.50. The Morgan fingerprint density at radius 2 is 2.33 bits per heavy atom. The lowest BCUT2D eigenvalue weighted by molar-refractivity contribution is 0.112. The Kier molecular flexibility index (Phi) is 2.80. The van der Waals surface area contributed by atoms with Crippen LogP contribution in [0.2, 0.25) is 0 Å². The third-order valence-electron chi connectivity index (χ3n) is 1.37. The summed E-state index contributed by atoms with van der Waals surface area (Å²) < 4.78 is 17.8. The smallest absolute Gasteiger partial charge is 0.152 e. The first-order chi connectivity index (χ1) is 5.77. The van der Waals surface area contributed by atoms with Gasteiger partial charge in [0, 0.05) is 6.07 Å². The molecule has 0 saturated heterocycles. The van der Waals surface area contributed by atoms with E-state index in [0.29, 0.717) is 12.0 Å². The molecule has 0 atom stereocenters. The molecule has 1 radical (unpaired) electrons. The van der Waals surface area contributed by atoms with Gasteiger partial charge in [0.1, 0.15) is 11.6 Å². The number of hydrogen-bond acceptors (Lipinski definition) is 2. The standard InChI is InChI=1S/C9H8FO2/c1-2-12-8-4-3-7(6-11)9(10)5-8/h3-6H,1-2H2. The van der Waals surface area contributed by atoms with Crippen LogP contribution in [-0.4, -0.2) is 12.9 Å². The maximum Gasteiger partial charge on any atom is 0.152 e. The van der Waals surface area contributed by atoms with Crippen molar-refractivity contribution < 1.29 is 13.9 Å². The predicted molar refractivity (Wildman–Crippen MR) is 42.6 cm³/mol. The summed E-state index contributed by atoms with van der Waals surface area (Å²) in [6.45, 7) is 3.67. The maximum absolute atomic E-state index is 12.8. The van der Waals surface area contributed by atoms with E-state index in [4.69, 9.17) is 4.74 Å². The minimum atomic E-state index is -0.573. The molecule has 0 amide bonds. The Balaban J connectivity index is 2.93. The van der Waals surface area contributed by atoms with E-state index in [1.807, 2.05) is 0 Å². The van der Waals surface area contributed by atoms with Crippen molar-refractivity contribution >= 4 is 6.29 Å². The second kappa shape index (κ2) is 3.85. The van der Waals surface area contributed by atoms with Crippen molar-refractivity contribution in [1.82, 2.24) is 0 Å². The fourth-order valence-electron chi connectivity index (χ4n) is 0.811. The van der Waals surface area contributed by atoms with Crippen molar-refractivity contribution in [3.05, 3.63) is 36.5 Å². The van der Waals surface area contributed by atoms with Crippen molar-refractivity contribution in [3.8, 4) is 5.75 Å². The van der Waals surface area contributed by atoms with Crippen LogP contribution in [-0.2, 0) is 0 Å². The number of ether oxygens (including phenoxy) is 1. The molecule has 0 unspecified atom stereocenters. The van der Waals surface area contributed by atoms with E-state index in [1.165, 1.54) is 12.1 Å². The van der Waals surface area contributed by atoms with Crippen molar-refractivity contribution in [1.29, 1.82) is 0 Å². The van der Waals surface area contributed by atoms with Crippen LogP contribution in [0.3, 0.4) is 0 Å². The van der Waals surface area contributed by atoms with Gasteiger partial charge in [0.05, 0.1) is 12.2 Å². The highest BCUT2D eigenvalue weighted by molar-refractivity contribution is 5.75. The molecule has 0 aromatic heterocycles. The summed E-state index contributed by atoms with van der Waals surface area (Å²) in [5.74, 6) is -0.191.